The van der Waals surface area contributed by atoms with Gasteiger partial charge in [0.05, 0.1) is 24.1 Å². The number of carbonyl (C=O) groups excluding carboxylic acids is 1. The summed E-state index contributed by atoms with van der Waals surface area (Å²) in [7, 11) is 4.73. The zero-order valence-corrected chi connectivity index (χ0v) is 19.0. The summed E-state index contributed by atoms with van der Waals surface area (Å²) in [5, 5.41) is 5.30. The van der Waals surface area contributed by atoms with Gasteiger partial charge in [-0.1, -0.05) is 6.07 Å². The van der Waals surface area contributed by atoms with Crippen molar-refractivity contribution in [3.8, 4) is 22.8 Å². The number of aryl methyl sites for hydroxylation is 2. The van der Waals surface area contributed by atoms with Gasteiger partial charge in [-0.05, 0) is 67.4 Å². The first-order valence-electron chi connectivity index (χ1n) is 10.2. The van der Waals surface area contributed by atoms with E-state index in [9.17, 15) is 4.79 Å². The van der Waals surface area contributed by atoms with Crippen LogP contribution >= 0.6 is 0 Å². The highest BCUT2D eigenvalue weighted by Crippen LogP contribution is 2.30. The van der Waals surface area contributed by atoms with Crippen LogP contribution in [-0.2, 0) is 6.61 Å². The van der Waals surface area contributed by atoms with Crippen LogP contribution in [0, 0.1) is 13.8 Å². The third-order valence-electron chi connectivity index (χ3n) is 5.12. The summed E-state index contributed by atoms with van der Waals surface area (Å²) in [6.45, 7) is 4.25. The molecule has 0 bridgehead atoms. The summed E-state index contributed by atoms with van der Waals surface area (Å²) in [6.07, 6.45) is 1.81. The number of nitrogens with one attached hydrogen (secondary N) is 1. The molecule has 3 rings (SSSR count). The van der Waals surface area contributed by atoms with E-state index in [0.29, 0.717) is 11.4 Å². The number of ether oxygens (including phenoxy) is 2. The van der Waals surface area contributed by atoms with Crippen molar-refractivity contribution >= 4 is 11.7 Å². The fraction of sp³-hybridized carbons (Fsp3) is 0.250. The van der Waals surface area contributed by atoms with E-state index < -0.39 is 0 Å². The van der Waals surface area contributed by atoms with Gasteiger partial charge in [-0.15, -0.1) is 0 Å². The van der Waals surface area contributed by atoms with Gasteiger partial charge in [-0.25, -0.2) is 9.80 Å². The van der Waals surface area contributed by atoms with Crippen LogP contribution in [0.3, 0.4) is 0 Å². The number of rotatable bonds is 7. The van der Waals surface area contributed by atoms with Gasteiger partial charge in [-0.3, -0.25) is 10.8 Å². The van der Waals surface area contributed by atoms with Crippen LogP contribution in [0.2, 0.25) is 0 Å². The minimum absolute atomic E-state index is 0.213. The topological polar surface area (TPSA) is 93.0 Å². The van der Waals surface area contributed by atoms with Crippen LogP contribution in [-0.4, -0.2) is 42.3 Å². The molecule has 168 valence electrons. The highest BCUT2D eigenvalue weighted by Gasteiger charge is 2.17. The number of pyridine rings is 1. The van der Waals surface area contributed by atoms with Gasteiger partial charge >= 0.3 is 6.03 Å². The Morgan fingerprint density at radius 3 is 2.53 bits per heavy atom. The number of benzene rings is 2. The molecule has 0 fully saturated rings. The maximum Gasteiger partial charge on any atom is 0.337 e. The lowest BCUT2D eigenvalue weighted by Crippen LogP contribution is -2.47. The average Bonchev–Trinajstić information content (AvgIpc) is 2.78. The summed E-state index contributed by atoms with van der Waals surface area (Å²) >= 11 is 0. The Hall–Kier alpha value is -3.62. The van der Waals surface area contributed by atoms with Crippen molar-refractivity contribution < 1.29 is 14.3 Å². The molecule has 0 aliphatic heterocycles. The molecule has 3 N–H and O–H groups in total. The minimum atomic E-state index is -0.379. The second-order valence-electron chi connectivity index (χ2n) is 7.50. The standard InChI is InChI=1S/C24H29N5O3/c1-16-11-12-26-21(13-16)18-9-10-22(17(2)14-18)32-15-19-20(7-6-8-23(19)31-5)27-24(30)28(3)29(4)25/h6-14H,15,25H2,1-5H3,(H,27,30). The molecule has 0 saturated heterocycles. The fourth-order valence-corrected chi connectivity index (χ4v) is 3.18. The summed E-state index contributed by atoms with van der Waals surface area (Å²) in [5.41, 5.74) is 5.39. The Kier molecular flexibility index (Phi) is 7.29. The molecular weight excluding hydrogens is 406 g/mol. The number of methoxy groups -OCH3 is 1. The third-order valence-corrected chi connectivity index (χ3v) is 5.12. The molecule has 0 saturated carbocycles. The predicted octanol–water partition coefficient (Wildman–Crippen LogP) is 4.14. The number of hydrogen-bond donors (Lipinski definition) is 2. The monoisotopic (exact) mass is 435 g/mol. The number of hydrogen-bond acceptors (Lipinski definition) is 6. The van der Waals surface area contributed by atoms with E-state index in [-0.39, 0.29) is 12.6 Å². The molecule has 0 atom stereocenters. The van der Waals surface area contributed by atoms with Crippen molar-refractivity contribution in [2.75, 3.05) is 26.5 Å². The van der Waals surface area contributed by atoms with Crippen molar-refractivity contribution in [1.82, 2.24) is 15.1 Å². The number of nitrogens with zero attached hydrogens (tertiary/aromatic N) is 3. The number of carbonyl (C=O) groups is 1. The Balaban J connectivity index is 1.81. The van der Waals surface area contributed by atoms with E-state index in [2.05, 4.69) is 16.4 Å². The molecule has 8 nitrogen and oxygen atoms in total. The molecule has 8 heteroatoms. The summed E-state index contributed by atoms with van der Waals surface area (Å²) < 4.78 is 11.6. The molecule has 0 unspecified atom stereocenters. The van der Waals surface area contributed by atoms with Gasteiger partial charge in [0.25, 0.3) is 0 Å². The Labute approximate surface area is 188 Å². The maximum atomic E-state index is 12.4. The van der Waals surface area contributed by atoms with Crippen LogP contribution in [0.1, 0.15) is 16.7 Å². The molecule has 1 heterocycles. The average molecular weight is 436 g/mol. The molecule has 32 heavy (non-hydrogen) atoms. The first kappa shape index (κ1) is 23.1. The van der Waals surface area contributed by atoms with Gasteiger partial charge in [0.2, 0.25) is 0 Å². The van der Waals surface area contributed by atoms with Gasteiger partial charge in [0.15, 0.2) is 0 Å². The molecule has 2 amide bonds. The molecule has 1 aromatic heterocycles. The summed E-state index contributed by atoms with van der Waals surface area (Å²) in [6, 6.07) is 15.0. The van der Waals surface area contributed by atoms with Crippen LogP contribution in [0.25, 0.3) is 11.3 Å². The Morgan fingerprint density at radius 2 is 1.88 bits per heavy atom. The van der Waals surface area contributed by atoms with Crippen molar-refractivity contribution in [3.05, 3.63) is 71.4 Å². The zero-order chi connectivity index (χ0) is 23.3. The molecular formula is C24H29N5O3. The number of anilines is 1. The number of aromatic nitrogens is 1. The predicted molar refractivity (Wildman–Crippen MR) is 125 cm³/mol. The lowest BCUT2D eigenvalue weighted by atomic mass is 10.1. The fourth-order valence-electron chi connectivity index (χ4n) is 3.18. The third kappa shape index (κ3) is 5.35. The largest absolute Gasteiger partial charge is 0.496 e. The van der Waals surface area contributed by atoms with E-state index in [4.69, 9.17) is 15.3 Å². The van der Waals surface area contributed by atoms with E-state index in [1.165, 1.54) is 10.1 Å². The van der Waals surface area contributed by atoms with E-state index in [0.717, 1.165) is 33.7 Å². The van der Waals surface area contributed by atoms with E-state index >= 15 is 0 Å². The van der Waals surface area contributed by atoms with Crippen molar-refractivity contribution in [3.63, 3.8) is 0 Å². The highest BCUT2D eigenvalue weighted by molar-refractivity contribution is 5.90. The quantitative estimate of drug-likeness (QED) is 0.428. The first-order valence-corrected chi connectivity index (χ1v) is 10.2. The number of hydrazine groups is 2. The highest BCUT2D eigenvalue weighted by atomic mass is 16.5. The maximum absolute atomic E-state index is 12.4. The Morgan fingerprint density at radius 1 is 1.09 bits per heavy atom. The first-order chi connectivity index (χ1) is 15.3. The Bertz CT molecular complexity index is 1100. The molecule has 0 aliphatic rings. The van der Waals surface area contributed by atoms with Gasteiger partial charge < -0.3 is 14.8 Å². The number of urea groups is 1. The van der Waals surface area contributed by atoms with Gasteiger partial charge in [-0.2, -0.15) is 5.12 Å². The van der Waals surface area contributed by atoms with Gasteiger partial charge in [0.1, 0.15) is 18.1 Å². The van der Waals surface area contributed by atoms with Crippen molar-refractivity contribution in [2.45, 2.75) is 20.5 Å². The van der Waals surface area contributed by atoms with Crippen molar-refractivity contribution in [2.24, 2.45) is 5.84 Å². The van der Waals surface area contributed by atoms with Crippen LogP contribution in [0.4, 0.5) is 10.5 Å². The molecule has 0 aliphatic carbocycles. The second-order valence-corrected chi connectivity index (χ2v) is 7.50. The van der Waals surface area contributed by atoms with Crippen LogP contribution in [0.5, 0.6) is 11.5 Å². The lowest BCUT2D eigenvalue weighted by Gasteiger charge is -2.24. The van der Waals surface area contributed by atoms with Gasteiger partial charge in [0, 0.05) is 25.9 Å². The molecule has 2 aromatic carbocycles. The van der Waals surface area contributed by atoms with E-state index in [1.807, 2.05) is 50.4 Å². The van der Waals surface area contributed by atoms with E-state index in [1.54, 1.807) is 33.3 Å². The zero-order valence-electron chi connectivity index (χ0n) is 19.0. The van der Waals surface area contributed by atoms with Crippen LogP contribution in [0.15, 0.2) is 54.7 Å². The number of amides is 2. The minimum Gasteiger partial charge on any atom is -0.496 e. The smallest absolute Gasteiger partial charge is 0.337 e. The second kappa shape index (κ2) is 10.1. The van der Waals surface area contributed by atoms with Crippen LogP contribution < -0.4 is 20.6 Å². The normalized spacial score (nSPS) is 10.7. The molecule has 3 aromatic rings. The summed E-state index contributed by atoms with van der Waals surface area (Å²) in [4.78, 5) is 16.9. The van der Waals surface area contributed by atoms with Crippen molar-refractivity contribution in [1.29, 1.82) is 0 Å². The lowest BCUT2D eigenvalue weighted by molar-refractivity contribution is 0.0705. The number of nitrogens with two attached hydrogens (primary N) is 1. The summed E-state index contributed by atoms with van der Waals surface area (Å²) in [5.74, 6) is 7.00. The SMILES string of the molecule is COc1cccc(NC(=O)N(C)N(C)N)c1COc1ccc(-c2cc(C)ccn2)cc1C. The molecule has 0 radical (unpaired) electrons. The molecule has 0 spiro atoms.